The Morgan fingerprint density at radius 2 is 1.32 bits per heavy atom. The van der Waals surface area contributed by atoms with E-state index in [-0.39, 0.29) is 0 Å². The second-order valence-corrected chi connectivity index (χ2v) is 7.35. The van der Waals surface area contributed by atoms with Crippen LogP contribution in [-0.2, 0) is 0 Å². The van der Waals surface area contributed by atoms with Crippen LogP contribution < -0.4 is 8.92 Å². The van der Waals surface area contributed by atoms with Crippen LogP contribution in [0.15, 0.2) is 89.1 Å². The number of aryl methyl sites for hydroxylation is 1. The van der Waals surface area contributed by atoms with E-state index in [1.54, 1.807) is 0 Å². The molecule has 0 bridgehead atoms. The third-order valence-corrected chi connectivity index (χ3v) is 5.20. The maximum atomic E-state index is 4.33. The van der Waals surface area contributed by atoms with Crippen molar-refractivity contribution in [3.05, 3.63) is 84.4 Å². The summed E-state index contributed by atoms with van der Waals surface area (Å²) in [4.78, 5) is 0. The molecule has 22 heavy (non-hydrogen) atoms. The van der Waals surface area contributed by atoms with Gasteiger partial charge in [0.25, 0.3) is 0 Å². The van der Waals surface area contributed by atoms with Crippen LogP contribution in [0.4, 0.5) is 11.4 Å². The second kappa shape index (κ2) is 7.17. The Morgan fingerprint density at radius 3 is 2.09 bits per heavy atom. The molecular weight excluding hydrogens is 335 g/mol. The molecule has 3 rings (SSSR count). The molecule has 0 aliphatic rings. The van der Waals surface area contributed by atoms with Crippen molar-refractivity contribution in [3.63, 3.8) is 0 Å². The van der Waals surface area contributed by atoms with E-state index in [1.165, 1.54) is 14.5 Å². The fraction of sp³-hybridized carbons (Fsp3) is 0.0526. The van der Waals surface area contributed by atoms with E-state index >= 15 is 0 Å². The summed E-state index contributed by atoms with van der Waals surface area (Å²) in [5.74, 6) is 0. The molecule has 0 unspecified atom stereocenters. The molecule has 108 valence electrons. The number of benzene rings is 3. The normalized spacial score (nSPS) is 11.0. The average molecular weight is 351 g/mol. The van der Waals surface area contributed by atoms with Gasteiger partial charge in [0, 0.05) is 0 Å². The Bertz CT molecular complexity index is 765. The SMILES string of the molecule is Cc1ccc([Se]c2cccc(N=Nc3ccccc3)c2)cc1. The molecule has 0 N–H and O–H groups in total. The first kappa shape index (κ1) is 14.7. The first-order chi connectivity index (χ1) is 10.8. The molecule has 0 amide bonds. The van der Waals surface area contributed by atoms with E-state index < -0.39 is 0 Å². The zero-order valence-corrected chi connectivity index (χ0v) is 14.0. The fourth-order valence-corrected chi connectivity index (χ4v) is 3.79. The van der Waals surface area contributed by atoms with Gasteiger partial charge in [0.05, 0.1) is 0 Å². The van der Waals surface area contributed by atoms with Crippen molar-refractivity contribution in [3.8, 4) is 0 Å². The van der Waals surface area contributed by atoms with Crippen molar-refractivity contribution in [2.75, 3.05) is 0 Å². The molecule has 0 fully saturated rings. The Morgan fingerprint density at radius 1 is 0.636 bits per heavy atom. The fourth-order valence-electron chi connectivity index (χ4n) is 1.96. The molecule has 0 spiro atoms. The van der Waals surface area contributed by atoms with Gasteiger partial charge in [-0.25, -0.2) is 0 Å². The summed E-state index contributed by atoms with van der Waals surface area (Å²) in [6.45, 7) is 2.11. The summed E-state index contributed by atoms with van der Waals surface area (Å²) in [6.07, 6.45) is 0. The van der Waals surface area contributed by atoms with Gasteiger partial charge in [-0.2, -0.15) is 0 Å². The van der Waals surface area contributed by atoms with Crippen molar-refractivity contribution >= 4 is 35.3 Å². The van der Waals surface area contributed by atoms with Gasteiger partial charge >= 0.3 is 137 Å². The van der Waals surface area contributed by atoms with Crippen LogP contribution in [0.25, 0.3) is 0 Å². The predicted octanol–water partition coefficient (Wildman–Crippen LogP) is 4.07. The van der Waals surface area contributed by atoms with Crippen molar-refractivity contribution in [2.45, 2.75) is 6.92 Å². The molecular formula is C19H16N2Se. The van der Waals surface area contributed by atoms with E-state index in [9.17, 15) is 0 Å². The van der Waals surface area contributed by atoms with E-state index in [0.29, 0.717) is 15.0 Å². The van der Waals surface area contributed by atoms with E-state index in [4.69, 9.17) is 0 Å². The summed E-state index contributed by atoms with van der Waals surface area (Å²) >= 11 is 0.298. The minimum atomic E-state index is 0.298. The van der Waals surface area contributed by atoms with Gasteiger partial charge in [0.15, 0.2) is 0 Å². The van der Waals surface area contributed by atoms with E-state index in [0.717, 1.165) is 11.4 Å². The molecule has 0 radical (unpaired) electrons. The molecule has 0 aliphatic carbocycles. The van der Waals surface area contributed by atoms with Gasteiger partial charge in [0.2, 0.25) is 0 Å². The van der Waals surface area contributed by atoms with Crippen LogP contribution in [0.5, 0.6) is 0 Å². The molecule has 0 heterocycles. The van der Waals surface area contributed by atoms with Crippen LogP contribution >= 0.6 is 0 Å². The Kier molecular flexibility index (Phi) is 4.79. The van der Waals surface area contributed by atoms with Crippen molar-refractivity contribution in [2.24, 2.45) is 10.2 Å². The molecule has 0 aliphatic heterocycles. The summed E-state index contributed by atoms with van der Waals surface area (Å²) in [6, 6.07) is 26.8. The van der Waals surface area contributed by atoms with Crippen LogP contribution in [-0.4, -0.2) is 15.0 Å². The quantitative estimate of drug-likeness (QED) is 0.500. The van der Waals surface area contributed by atoms with E-state index in [2.05, 4.69) is 53.6 Å². The summed E-state index contributed by atoms with van der Waals surface area (Å²) < 4.78 is 2.68. The molecule has 0 atom stereocenters. The molecule has 0 aromatic heterocycles. The van der Waals surface area contributed by atoms with Gasteiger partial charge in [-0.15, -0.1) is 0 Å². The first-order valence-electron chi connectivity index (χ1n) is 7.11. The third kappa shape index (κ3) is 4.14. The minimum absolute atomic E-state index is 0.298. The number of hydrogen-bond acceptors (Lipinski definition) is 2. The number of hydrogen-bond donors (Lipinski definition) is 0. The zero-order valence-electron chi connectivity index (χ0n) is 12.3. The molecule has 3 heteroatoms. The number of rotatable bonds is 4. The van der Waals surface area contributed by atoms with Gasteiger partial charge in [0.1, 0.15) is 0 Å². The average Bonchev–Trinajstić information content (AvgIpc) is 2.57. The predicted molar refractivity (Wildman–Crippen MR) is 93.3 cm³/mol. The van der Waals surface area contributed by atoms with Gasteiger partial charge in [-0.05, 0) is 0 Å². The molecule has 0 saturated carbocycles. The van der Waals surface area contributed by atoms with Gasteiger partial charge in [-0.3, -0.25) is 0 Å². The maximum absolute atomic E-state index is 4.33. The monoisotopic (exact) mass is 352 g/mol. The third-order valence-electron chi connectivity index (χ3n) is 3.11. The summed E-state index contributed by atoms with van der Waals surface area (Å²) in [5.41, 5.74) is 3.07. The summed E-state index contributed by atoms with van der Waals surface area (Å²) in [5, 5.41) is 8.60. The molecule has 0 saturated heterocycles. The van der Waals surface area contributed by atoms with Gasteiger partial charge < -0.3 is 0 Å². The van der Waals surface area contributed by atoms with Crippen molar-refractivity contribution in [1.82, 2.24) is 0 Å². The Hall–Kier alpha value is -2.22. The zero-order chi connectivity index (χ0) is 15.2. The molecule has 3 aromatic rings. The van der Waals surface area contributed by atoms with Crippen LogP contribution in [0, 0.1) is 6.92 Å². The number of azo groups is 1. The summed E-state index contributed by atoms with van der Waals surface area (Å²) in [7, 11) is 0. The van der Waals surface area contributed by atoms with Crippen molar-refractivity contribution < 1.29 is 0 Å². The Labute approximate surface area is 137 Å². The van der Waals surface area contributed by atoms with Crippen LogP contribution in [0.3, 0.4) is 0 Å². The van der Waals surface area contributed by atoms with Crippen LogP contribution in [0.1, 0.15) is 5.56 Å². The standard InChI is InChI=1S/C19H16N2Se/c1-15-10-12-18(13-11-15)22-19-9-5-8-17(14-19)21-20-16-6-3-2-4-7-16/h2-14H,1H3. The van der Waals surface area contributed by atoms with E-state index in [1.807, 2.05) is 42.5 Å². The van der Waals surface area contributed by atoms with Gasteiger partial charge in [-0.1, -0.05) is 0 Å². The van der Waals surface area contributed by atoms with Crippen molar-refractivity contribution in [1.29, 1.82) is 0 Å². The topological polar surface area (TPSA) is 24.7 Å². The second-order valence-electron chi connectivity index (χ2n) is 4.95. The Balaban J connectivity index is 1.75. The van der Waals surface area contributed by atoms with Crippen LogP contribution in [0.2, 0.25) is 0 Å². The molecule has 2 nitrogen and oxygen atoms in total. The number of nitrogens with zero attached hydrogens (tertiary/aromatic N) is 2. The first-order valence-corrected chi connectivity index (χ1v) is 8.82. The molecule has 3 aromatic carbocycles.